The van der Waals surface area contributed by atoms with Crippen molar-refractivity contribution in [3.63, 3.8) is 0 Å². The third kappa shape index (κ3) is 4.32. The van der Waals surface area contributed by atoms with Crippen molar-refractivity contribution in [2.75, 3.05) is 39.3 Å². The van der Waals surface area contributed by atoms with Crippen LogP contribution in [0, 0.1) is 17.8 Å². The molecule has 3 saturated heterocycles. The second-order valence-corrected chi connectivity index (χ2v) is 13.2. The van der Waals surface area contributed by atoms with Crippen LogP contribution in [0.15, 0.2) is 11.8 Å². The molecule has 2 N–H and O–H groups in total. The van der Waals surface area contributed by atoms with Gasteiger partial charge in [-0.05, 0) is 37.5 Å². The van der Waals surface area contributed by atoms with Gasteiger partial charge in [0.2, 0.25) is 6.41 Å². The van der Waals surface area contributed by atoms with E-state index in [4.69, 9.17) is 10.5 Å². The summed E-state index contributed by atoms with van der Waals surface area (Å²) >= 11 is 0. The van der Waals surface area contributed by atoms with Gasteiger partial charge in [0.1, 0.15) is 6.17 Å². The lowest BCUT2D eigenvalue weighted by molar-refractivity contribution is -0.219. The number of alkyl halides is 1. The van der Waals surface area contributed by atoms with E-state index in [2.05, 4.69) is 9.80 Å². The van der Waals surface area contributed by atoms with E-state index in [0.717, 1.165) is 32.2 Å². The first kappa shape index (κ1) is 25.9. The molecule has 10 unspecified atom stereocenters. The number of hydrogen-bond acceptors (Lipinski definition) is 7. The standard InChI is InChI=1S/C29H42FN5O4/c30-22-13-20-25-28(26(22)34-6-5-19(31)14-34)39-24-12-18-4-2-1-3-17(18)11-23(24)35(25)15-21(27(20)37)29(38)33-9-7-32(16-36)8-10-33/h15-20,22-26,28H,1-14,31H2. The summed E-state index contributed by atoms with van der Waals surface area (Å²) in [6.07, 6.45) is 8.94. The Hall–Kier alpha value is -2.04. The largest absolute Gasteiger partial charge is 0.369 e. The van der Waals surface area contributed by atoms with Gasteiger partial charge >= 0.3 is 0 Å². The number of fused-ring (bicyclic) bond motifs is 3. The van der Waals surface area contributed by atoms with E-state index in [-0.39, 0.29) is 47.9 Å². The van der Waals surface area contributed by atoms with Gasteiger partial charge in [0.25, 0.3) is 5.91 Å². The number of carbonyl (C=O) groups excluding carboxylic acids is 3. The number of hydrogen-bond donors (Lipinski definition) is 1. The van der Waals surface area contributed by atoms with Crippen molar-refractivity contribution in [2.24, 2.45) is 23.5 Å². The second-order valence-electron chi connectivity index (χ2n) is 13.2. The highest BCUT2D eigenvalue weighted by Crippen LogP contribution is 2.51. The Morgan fingerprint density at radius 3 is 2.44 bits per heavy atom. The Morgan fingerprint density at radius 2 is 1.74 bits per heavy atom. The Kier molecular flexibility index (Phi) is 6.71. The molecule has 0 aromatic carbocycles. The monoisotopic (exact) mass is 543 g/mol. The van der Waals surface area contributed by atoms with Crippen LogP contribution in [0.25, 0.3) is 0 Å². The van der Waals surface area contributed by atoms with Crippen LogP contribution < -0.4 is 5.73 Å². The zero-order valence-corrected chi connectivity index (χ0v) is 22.7. The molecule has 7 rings (SSSR count). The van der Waals surface area contributed by atoms with Gasteiger partial charge in [-0.2, -0.15) is 0 Å². The maximum atomic E-state index is 16.1. The SMILES string of the molecule is NC1CCN(C2C(F)CC3C(=O)C(C(=O)N4CCN(C=O)CC4)=CN4C5CC6CCCCC6CC5OC2C34)C1. The first-order valence-corrected chi connectivity index (χ1v) is 15.2. The van der Waals surface area contributed by atoms with Gasteiger partial charge in [-0.15, -0.1) is 0 Å². The molecule has 10 atom stereocenters. The van der Waals surface area contributed by atoms with E-state index in [1.807, 2.05) is 6.20 Å². The number of ketones is 1. The predicted octanol–water partition coefficient (Wildman–Crippen LogP) is 0.920. The van der Waals surface area contributed by atoms with Crippen molar-refractivity contribution in [3.8, 4) is 0 Å². The fourth-order valence-corrected chi connectivity index (χ4v) is 9.14. The molecule has 10 heteroatoms. The molecular formula is C29H42FN5O4. The molecule has 0 bridgehead atoms. The highest BCUT2D eigenvalue weighted by Gasteiger charge is 2.61. The maximum absolute atomic E-state index is 16.1. The van der Waals surface area contributed by atoms with Crippen LogP contribution >= 0.6 is 0 Å². The summed E-state index contributed by atoms with van der Waals surface area (Å²) < 4.78 is 23.0. The Bertz CT molecular complexity index is 1030. The molecule has 214 valence electrons. The molecule has 2 amide bonds. The normalized spacial score (nSPS) is 44.3. The number of nitrogens with zero attached hydrogens (tertiary/aromatic N) is 4. The van der Waals surface area contributed by atoms with Crippen molar-refractivity contribution in [3.05, 3.63) is 11.8 Å². The van der Waals surface area contributed by atoms with E-state index in [0.29, 0.717) is 44.6 Å². The summed E-state index contributed by atoms with van der Waals surface area (Å²) in [4.78, 5) is 46.6. The number of halogens is 1. The average molecular weight is 544 g/mol. The molecule has 3 saturated carbocycles. The number of Topliss-reactive ketones (excluding diaryl/α,β-unsaturated/α-hetero) is 1. The number of carbonyl (C=O) groups is 3. The molecule has 0 aromatic heterocycles. The number of amides is 2. The summed E-state index contributed by atoms with van der Waals surface area (Å²) in [5, 5.41) is 0. The van der Waals surface area contributed by atoms with Crippen molar-refractivity contribution >= 4 is 18.1 Å². The van der Waals surface area contributed by atoms with Crippen LogP contribution in [0.3, 0.4) is 0 Å². The lowest BCUT2D eigenvalue weighted by Crippen LogP contribution is -2.73. The molecule has 4 aliphatic heterocycles. The van der Waals surface area contributed by atoms with Crippen LogP contribution in [-0.2, 0) is 19.1 Å². The van der Waals surface area contributed by atoms with Gasteiger partial charge in [-0.3, -0.25) is 19.3 Å². The van der Waals surface area contributed by atoms with Gasteiger partial charge < -0.3 is 25.2 Å². The van der Waals surface area contributed by atoms with Crippen LogP contribution in [0.2, 0.25) is 0 Å². The molecule has 0 spiro atoms. The van der Waals surface area contributed by atoms with Crippen molar-refractivity contribution in [2.45, 2.75) is 93.9 Å². The number of nitrogens with two attached hydrogens (primary N) is 1. The van der Waals surface area contributed by atoms with Gasteiger partial charge in [0.05, 0.1) is 35.9 Å². The molecule has 4 heterocycles. The minimum Gasteiger partial charge on any atom is -0.369 e. The number of likely N-dealkylation sites (tertiary alicyclic amines) is 1. The minimum atomic E-state index is -1.21. The van der Waals surface area contributed by atoms with Crippen molar-refractivity contribution in [1.29, 1.82) is 0 Å². The summed E-state index contributed by atoms with van der Waals surface area (Å²) in [6, 6.07) is -0.524. The second kappa shape index (κ2) is 10.1. The Labute approximate surface area is 229 Å². The lowest BCUT2D eigenvalue weighted by atomic mass is 9.64. The van der Waals surface area contributed by atoms with E-state index in [1.54, 1.807) is 9.80 Å². The molecule has 9 nitrogen and oxygen atoms in total. The van der Waals surface area contributed by atoms with Crippen LogP contribution in [0.4, 0.5) is 4.39 Å². The maximum Gasteiger partial charge on any atom is 0.259 e. The summed E-state index contributed by atoms with van der Waals surface area (Å²) in [7, 11) is 0. The molecule has 3 aliphatic carbocycles. The topological polar surface area (TPSA) is 99.4 Å². The average Bonchev–Trinajstić information content (AvgIpc) is 3.38. The van der Waals surface area contributed by atoms with Gasteiger partial charge in [0, 0.05) is 57.4 Å². The molecule has 0 aromatic rings. The van der Waals surface area contributed by atoms with E-state index < -0.39 is 24.2 Å². The Balaban J connectivity index is 1.23. The molecule has 7 aliphatic rings. The summed E-state index contributed by atoms with van der Waals surface area (Å²) in [5.74, 6) is 0.170. The Morgan fingerprint density at radius 1 is 1.00 bits per heavy atom. The van der Waals surface area contributed by atoms with Crippen molar-refractivity contribution in [1.82, 2.24) is 19.6 Å². The quantitative estimate of drug-likeness (QED) is 0.418. The number of morpholine rings is 1. The van der Waals surface area contributed by atoms with Crippen LogP contribution in [0.5, 0.6) is 0 Å². The number of rotatable bonds is 3. The van der Waals surface area contributed by atoms with Gasteiger partial charge in [-0.1, -0.05) is 25.7 Å². The molecular weight excluding hydrogens is 501 g/mol. The van der Waals surface area contributed by atoms with Crippen molar-refractivity contribution < 1.29 is 23.5 Å². The zero-order chi connectivity index (χ0) is 26.8. The van der Waals surface area contributed by atoms with E-state index in [9.17, 15) is 14.4 Å². The predicted molar refractivity (Wildman–Crippen MR) is 141 cm³/mol. The minimum absolute atomic E-state index is 0.0210. The fourth-order valence-electron chi connectivity index (χ4n) is 9.14. The third-order valence-electron chi connectivity index (χ3n) is 11.1. The first-order chi connectivity index (χ1) is 18.9. The number of ether oxygens (including phenoxy) is 1. The van der Waals surface area contributed by atoms with Crippen LogP contribution in [0.1, 0.15) is 51.4 Å². The summed E-state index contributed by atoms with van der Waals surface area (Å²) in [6.45, 7) is 3.14. The summed E-state index contributed by atoms with van der Waals surface area (Å²) in [5.41, 5.74) is 6.42. The highest BCUT2D eigenvalue weighted by molar-refractivity contribution is 6.20. The first-order valence-electron chi connectivity index (χ1n) is 15.2. The van der Waals surface area contributed by atoms with E-state index in [1.165, 1.54) is 25.7 Å². The molecule has 39 heavy (non-hydrogen) atoms. The lowest BCUT2D eigenvalue weighted by Gasteiger charge is -2.61. The fraction of sp³-hybridized carbons (Fsp3) is 0.828. The van der Waals surface area contributed by atoms with Gasteiger partial charge in [-0.25, -0.2) is 4.39 Å². The highest BCUT2D eigenvalue weighted by atomic mass is 19.1. The number of piperazine rings is 1. The molecule has 6 fully saturated rings. The zero-order valence-electron chi connectivity index (χ0n) is 22.7. The van der Waals surface area contributed by atoms with E-state index >= 15 is 4.39 Å². The van der Waals surface area contributed by atoms with Crippen LogP contribution in [-0.4, -0.2) is 120 Å². The smallest absolute Gasteiger partial charge is 0.259 e. The van der Waals surface area contributed by atoms with Gasteiger partial charge in [0.15, 0.2) is 5.78 Å². The molecule has 0 radical (unpaired) electrons. The third-order valence-corrected chi connectivity index (χ3v) is 11.1.